The Balaban J connectivity index is 1.48. The molecule has 1 aromatic heterocycles. The van der Waals surface area contributed by atoms with E-state index in [-0.39, 0.29) is 5.92 Å². The average molecular weight is 377 g/mol. The third-order valence-corrected chi connectivity index (χ3v) is 5.61. The maximum absolute atomic E-state index is 11.8. The Bertz CT molecular complexity index is 979. The fraction of sp³-hybridized carbons (Fsp3) is 0.304. The number of carboxylic acid groups (broad SMARTS) is 1. The van der Waals surface area contributed by atoms with Crippen molar-refractivity contribution in [2.24, 2.45) is 5.92 Å². The van der Waals surface area contributed by atoms with E-state index in [1.165, 1.54) is 0 Å². The number of aliphatic hydroxyl groups is 1. The van der Waals surface area contributed by atoms with Crippen LogP contribution < -0.4 is 4.74 Å². The lowest BCUT2D eigenvalue weighted by atomic mass is 9.80. The first-order valence-corrected chi connectivity index (χ1v) is 9.61. The Labute approximate surface area is 163 Å². The highest BCUT2D eigenvalue weighted by Crippen LogP contribution is 2.41. The van der Waals surface area contributed by atoms with Gasteiger partial charge < -0.3 is 14.9 Å². The number of hydrogen-bond acceptors (Lipinski definition) is 4. The minimum atomic E-state index is -1.84. The number of carboxylic acids is 1. The zero-order valence-electron chi connectivity index (χ0n) is 15.5. The summed E-state index contributed by atoms with van der Waals surface area (Å²) >= 11 is 0. The Morgan fingerprint density at radius 2 is 1.75 bits per heavy atom. The molecular weight excluding hydrogens is 354 g/mol. The molecule has 1 atom stereocenters. The summed E-state index contributed by atoms with van der Waals surface area (Å²) in [5.74, 6) is -0.829. The number of benzene rings is 2. The molecule has 144 valence electrons. The van der Waals surface area contributed by atoms with Crippen LogP contribution in [0, 0.1) is 5.92 Å². The van der Waals surface area contributed by atoms with Crippen molar-refractivity contribution in [1.29, 1.82) is 0 Å². The number of aliphatic carboxylic acids is 1. The van der Waals surface area contributed by atoms with Gasteiger partial charge in [-0.25, -0.2) is 9.78 Å². The van der Waals surface area contributed by atoms with E-state index in [0.717, 1.165) is 42.3 Å². The molecule has 1 saturated carbocycles. The number of hydrogen-bond donors (Lipinski definition) is 2. The van der Waals surface area contributed by atoms with Crippen molar-refractivity contribution in [3.63, 3.8) is 0 Å². The van der Waals surface area contributed by atoms with Gasteiger partial charge in [-0.1, -0.05) is 49.2 Å². The maximum atomic E-state index is 11.8. The van der Waals surface area contributed by atoms with Crippen LogP contribution >= 0.6 is 0 Å². The van der Waals surface area contributed by atoms with Gasteiger partial charge in [0.2, 0.25) is 0 Å². The monoisotopic (exact) mass is 377 g/mol. The molecule has 3 aromatic rings. The highest BCUT2D eigenvalue weighted by molar-refractivity contribution is 5.80. The number of aromatic nitrogens is 1. The second kappa shape index (κ2) is 7.60. The third kappa shape index (κ3) is 3.45. The Kier molecular flexibility index (Phi) is 5.01. The molecule has 0 bridgehead atoms. The normalized spacial score (nSPS) is 16.8. The van der Waals surface area contributed by atoms with Gasteiger partial charge in [0.15, 0.2) is 5.60 Å². The first kappa shape index (κ1) is 18.4. The van der Waals surface area contributed by atoms with E-state index in [9.17, 15) is 15.0 Å². The lowest BCUT2D eigenvalue weighted by Crippen LogP contribution is -2.42. The van der Waals surface area contributed by atoms with Gasteiger partial charge in [-0.2, -0.15) is 0 Å². The molecule has 28 heavy (non-hydrogen) atoms. The molecule has 1 fully saturated rings. The molecule has 0 aliphatic heterocycles. The van der Waals surface area contributed by atoms with Crippen LogP contribution in [0.3, 0.4) is 0 Å². The minimum absolute atomic E-state index is 0.251. The summed E-state index contributed by atoms with van der Waals surface area (Å²) < 4.78 is 5.80. The van der Waals surface area contributed by atoms with Gasteiger partial charge in [0, 0.05) is 11.3 Å². The Hall–Kier alpha value is -2.92. The van der Waals surface area contributed by atoms with E-state index in [1.807, 2.05) is 36.4 Å². The summed E-state index contributed by atoms with van der Waals surface area (Å²) in [6, 6.07) is 18.6. The van der Waals surface area contributed by atoms with Crippen molar-refractivity contribution in [3.8, 4) is 5.75 Å². The van der Waals surface area contributed by atoms with Crippen molar-refractivity contribution < 1.29 is 19.7 Å². The molecule has 0 amide bonds. The van der Waals surface area contributed by atoms with Crippen molar-refractivity contribution >= 4 is 16.9 Å². The summed E-state index contributed by atoms with van der Waals surface area (Å²) in [4.78, 5) is 16.4. The number of rotatable bonds is 6. The summed E-state index contributed by atoms with van der Waals surface area (Å²) in [6.07, 6.45) is 3.38. The molecule has 4 rings (SSSR count). The lowest BCUT2D eigenvalue weighted by Gasteiger charge is -2.30. The van der Waals surface area contributed by atoms with Crippen LogP contribution in [0.1, 0.15) is 36.9 Å². The van der Waals surface area contributed by atoms with Gasteiger partial charge in [-0.3, -0.25) is 0 Å². The third-order valence-electron chi connectivity index (χ3n) is 5.61. The van der Waals surface area contributed by atoms with Gasteiger partial charge in [-0.05, 0) is 42.7 Å². The predicted molar refractivity (Wildman–Crippen MR) is 106 cm³/mol. The van der Waals surface area contributed by atoms with E-state index in [4.69, 9.17) is 4.74 Å². The van der Waals surface area contributed by atoms with Crippen LogP contribution in [0.25, 0.3) is 10.9 Å². The van der Waals surface area contributed by atoms with Crippen molar-refractivity contribution in [2.45, 2.75) is 37.9 Å². The molecule has 5 heteroatoms. The molecule has 2 N–H and O–H groups in total. The van der Waals surface area contributed by atoms with Gasteiger partial charge in [0.25, 0.3) is 0 Å². The molecule has 1 unspecified atom stereocenters. The zero-order valence-corrected chi connectivity index (χ0v) is 15.5. The van der Waals surface area contributed by atoms with Crippen LogP contribution in [0.5, 0.6) is 5.75 Å². The van der Waals surface area contributed by atoms with E-state index >= 15 is 0 Å². The first-order chi connectivity index (χ1) is 13.6. The number of para-hydroxylation sites is 1. The van der Waals surface area contributed by atoms with Gasteiger partial charge in [0.1, 0.15) is 12.4 Å². The summed E-state index contributed by atoms with van der Waals surface area (Å²) in [7, 11) is 0. The van der Waals surface area contributed by atoms with Crippen LogP contribution in [0.4, 0.5) is 0 Å². The van der Waals surface area contributed by atoms with Crippen LogP contribution in [-0.2, 0) is 17.0 Å². The van der Waals surface area contributed by atoms with E-state index in [1.54, 1.807) is 24.3 Å². The number of ether oxygens (including phenoxy) is 1. The van der Waals surface area contributed by atoms with E-state index in [2.05, 4.69) is 4.98 Å². The van der Waals surface area contributed by atoms with Crippen molar-refractivity contribution in [2.75, 3.05) is 0 Å². The van der Waals surface area contributed by atoms with Gasteiger partial charge >= 0.3 is 5.97 Å². The molecule has 0 spiro atoms. The second-order valence-electron chi connectivity index (χ2n) is 7.36. The molecule has 0 saturated heterocycles. The maximum Gasteiger partial charge on any atom is 0.340 e. The number of nitrogens with zero attached hydrogens (tertiary/aromatic N) is 1. The molecule has 2 aromatic carbocycles. The largest absolute Gasteiger partial charge is 0.487 e. The fourth-order valence-corrected chi connectivity index (χ4v) is 4.03. The standard InChI is InChI=1S/C23H23NO4/c25-22(26)23(27,17-6-2-3-7-17)18-10-13-20(14-11-18)28-15-19-12-9-16-5-1-4-8-21(16)24-19/h1,4-5,8-14,17,27H,2-3,6-7,15H2,(H,25,26). The van der Waals surface area contributed by atoms with Gasteiger partial charge in [0.05, 0.1) is 11.2 Å². The SMILES string of the molecule is O=C(O)C(O)(c1ccc(OCc2ccc3ccccc3n2)cc1)C1CCCC1. The predicted octanol–water partition coefficient (Wildman–Crippen LogP) is 4.28. The molecule has 1 heterocycles. The minimum Gasteiger partial charge on any atom is -0.487 e. The molecule has 5 nitrogen and oxygen atoms in total. The topological polar surface area (TPSA) is 79.7 Å². The molecular formula is C23H23NO4. The fourth-order valence-electron chi connectivity index (χ4n) is 4.03. The number of pyridine rings is 1. The van der Waals surface area contributed by atoms with Gasteiger partial charge in [-0.15, -0.1) is 0 Å². The Morgan fingerprint density at radius 1 is 1.04 bits per heavy atom. The highest BCUT2D eigenvalue weighted by Gasteiger charge is 2.46. The Morgan fingerprint density at radius 3 is 2.46 bits per heavy atom. The zero-order chi connectivity index (χ0) is 19.6. The van der Waals surface area contributed by atoms with Crippen LogP contribution in [0.2, 0.25) is 0 Å². The van der Waals surface area contributed by atoms with Crippen LogP contribution in [0.15, 0.2) is 60.7 Å². The lowest BCUT2D eigenvalue weighted by molar-refractivity contribution is -0.166. The second-order valence-corrected chi connectivity index (χ2v) is 7.36. The quantitative estimate of drug-likeness (QED) is 0.670. The molecule has 1 aliphatic carbocycles. The number of carbonyl (C=O) groups is 1. The smallest absolute Gasteiger partial charge is 0.340 e. The summed E-state index contributed by atoms with van der Waals surface area (Å²) in [5.41, 5.74) is 0.301. The highest BCUT2D eigenvalue weighted by atomic mass is 16.5. The number of fused-ring (bicyclic) bond motifs is 1. The summed E-state index contributed by atoms with van der Waals surface area (Å²) in [6.45, 7) is 0.315. The van der Waals surface area contributed by atoms with E-state index < -0.39 is 11.6 Å². The van der Waals surface area contributed by atoms with Crippen LogP contribution in [-0.4, -0.2) is 21.2 Å². The van der Waals surface area contributed by atoms with Crippen molar-refractivity contribution in [1.82, 2.24) is 4.98 Å². The van der Waals surface area contributed by atoms with E-state index in [0.29, 0.717) is 17.9 Å². The molecule has 1 aliphatic rings. The molecule has 0 radical (unpaired) electrons. The average Bonchev–Trinajstić information content (AvgIpc) is 3.27. The summed E-state index contributed by atoms with van der Waals surface area (Å²) in [5, 5.41) is 21.7. The van der Waals surface area contributed by atoms with Crippen molar-refractivity contribution in [3.05, 3.63) is 71.9 Å². The first-order valence-electron chi connectivity index (χ1n) is 9.61.